The molecule has 2 aromatic rings. The first kappa shape index (κ1) is 20.2. The Morgan fingerprint density at radius 3 is 2.43 bits per heavy atom. The molecule has 3 rings (SSSR count). The van der Waals surface area contributed by atoms with E-state index in [9.17, 15) is 13.2 Å². The van der Waals surface area contributed by atoms with E-state index in [1.54, 1.807) is 17.0 Å². The number of carbonyl (C=O) groups is 1. The predicted molar refractivity (Wildman–Crippen MR) is 109 cm³/mol. The normalized spacial score (nSPS) is 13.7. The van der Waals surface area contributed by atoms with Crippen molar-refractivity contribution in [3.8, 4) is 5.75 Å². The summed E-state index contributed by atoms with van der Waals surface area (Å²) in [4.78, 5) is 13.9. The molecule has 1 amide bonds. The number of nitrogens with zero attached hydrogens (tertiary/aromatic N) is 2. The van der Waals surface area contributed by atoms with Crippen molar-refractivity contribution in [1.82, 2.24) is 4.90 Å². The summed E-state index contributed by atoms with van der Waals surface area (Å²) in [6.45, 7) is 5.50. The van der Waals surface area contributed by atoms with Crippen molar-refractivity contribution >= 4 is 21.6 Å². The number of carbonyl (C=O) groups excluding carboxylic acids is 1. The molecule has 0 saturated carbocycles. The molecule has 0 aliphatic carbocycles. The van der Waals surface area contributed by atoms with Gasteiger partial charge in [-0.05, 0) is 62.6 Å². The van der Waals surface area contributed by atoms with Crippen molar-refractivity contribution in [3.05, 3.63) is 54.1 Å². The molecule has 1 aliphatic rings. The molecule has 1 aliphatic heterocycles. The van der Waals surface area contributed by atoms with Gasteiger partial charge in [0, 0.05) is 19.6 Å². The van der Waals surface area contributed by atoms with Gasteiger partial charge in [0.15, 0.2) is 6.61 Å². The third-order valence-corrected chi connectivity index (χ3v) is 6.79. The Bertz CT molecular complexity index is 922. The number of para-hydroxylation sites is 1. The molecule has 0 atom stereocenters. The van der Waals surface area contributed by atoms with E-state index in [-0.39, 0.29) is 17.4 Å². The second kappa shape index (κ2) is 8.65. The van der Waals surface area contributed by atoms with E-state index < -0.39 is 10.0 Å². The van der Waals surface area contributed by atoms with Crippen LogP contribution in [0.4, 0.5) is 5.69 Å². The first-order chi connectivity index (χ1) is 13.5. The molecule has 1 heterocycles. The minimum Gasteiger partial charge on any atom is -0.484 e. The summed E-state index contributed by atoms with van der Waals surface area (Å²) in [5, 5.41) is 0. The molecule has 0 N–H and O–H groups in total. The van der Waals surface area contributed by atoms with E-state index in [1.807, 2.05) is 38.1 Å². The number of benzene rings is 2. The maximum Gasteiger partial charge on any atom is 0.264 e. The molecule has 2 aromatic carbocycles. The second-order valence-corrected chi connectivity index (χ2v) is 8.50. The summed E-state index contributed by atoms with van der Waals surface area (Å²) in [6, 6.07) is 13.9. The minimum absolute atomic E-state index is 0.0622. The van der Waals surface area contributed by atoms with Crippen molar-refractivity contribution < 1.29 is 17.9 Å². The van der Waals surface area contributed by atoms with Gasteiger partial charge in [-0.2, -0.15) is 0 Å². The van der Waals surface area contributed by atoms with Crippen LogP contribution >= 0.6 is 0 Å². The standard InChI is InChI=1S/C21H26N2O4S/c1-3-22(4-2)21(24)16-27-18-11-13-19(14-12-18)28(25,26)23-15-7-9-17-8-5-6-10-20(17)23/h5-6,8,10-14H,3-4,7,9,15-16H2,1-2H3. The summed E-state index contributed by atoms with van der Waals surface area (Å²) in [7, 11) is -3.64. The van der Waals surface area contributed by atoms with Crippen LogP contribution in [0.2, 0.25) is 0 Å². The van der Waals surface area contributed by atoms with Gasteiger partial charge in [0.2, 0.25) is 0 Å². The van der Waals surface area contributed by atoms with Crippen LogP contribution in [0.25, 0.3) is 0 Å². The maximum atomic E-state index is 13.1. The number of aryl methyl sites for hydroxylation is 1. The third-order valence-electron chi connectivity index (χ3n) is 4.96. The zero-order valence-electron chi connectivity index (χ0n) is 16.3. The lowest BCUT2D eigenvalue weighted by molar-refractivity contribution is -0.132. The number of hydrogen-bond acceptors (Lipinski definition) is 4. The minimum atomic E-state index is -3.64. The van der Waals surface area contributed by atoms with E-state index in [0.717, 1.165) is 24.1 Å². The van der Waals surface area contributed by atoms with E-state index in [4.69, 9.17) is 4.74 Å². The van der Waals surface area contributed by atoms with Crippen LogP contribution < -0.4 is 9.04 Å². The van der Waals surface area contributed by atoms with Crippen LogP contribution in [0, 0.1) is 0 Å². The Labute approximate surface area is 166 Å². The van der Waals surface area contributed by atoms with Crippen LogP contribution in [-0.2, 0) is 21.2 Å². The summed E-state index contributed by atoms with van der Waals surface area (Å²) < 4.78 is 33.2. The molecule has 0 saturated heterocycles. The summed E-state index contributed by atoms with van der Waals surface area (Å²) in [5.41, 5.74) is 1.80. The largest absolute Gasteiger partial charge is 0.484 e. The van der Waals surface area contributed by atoms with Crippen LogP contribution in [0.5, 0.6) is 5.75 Å². The number of likely N-dealkylation sites (N-methyl/N-ethyl adjacent to an activating group) is 1. The summed E-state index contributed by atoms with van der Waals surface area (Å²) in [6.07, 6.45) is 1.68. The van der Waals surface area contributed by atoms with Crippen molar-refractivity contribution in [1.29, 1.82) is 0 Å². The van der Waals surface area contributed by atoms with Gasteiger partial charge < -0.3 is 9.64 Å². The molecular formula is C21H26N2O4S. The smallest absolute Gasteiger partial charge is 0.264 e. The fraction of sp³-hybridized carbons (Fsp3) is 0.381. The fourth-order valence-corrected chi connectivity index (χ4v) is 4.94. The maximum absolute atomic E-state index is 13.1. The lowest BCUT2D eigenvalue weighted by atomic mass is 10.0. The van der Waals surface area contributed by atoms with Gasteiger partial charge in [0.1, 0.15) is 5.75 Å². The van der Waals surface area contributed by atoms with Gasteiger partial charge >= 0.3 is 0 Å². The highest BCUT2D eigenvalue weighted by molar-refractivity contribution is 7.92. The highest BCUT2D eigenvalue weighted by Gasteiger charge is 2.28. The lowest BCUT2D eigenvalue weighted by Gasteiger charge is -2.30. The van der Waals surface area contributed by atoms with Gasteiger partial charge in [-0.15, -0.1) is 0 Å². The molecule has 0 fully saturated rings. The first-order valence-corrected chi connectivity index (χ1v) is 11.0. The predicted octanol–water partition coefficient (Wildman–Crippen LogP) is 3.08. The number of fused-ring (bicyclic) bond motifs is 1. The third kappa shape index (κ3) is 4.14. The number of ether oxygens (including phenoxy) is 1. The van der Waals surface area contributed by atoms with E-state index in [0.29, 0.717) is 25.4 Å². The van der Waals surface area contributed by atoms with Gasteiger partial charge in [-0.25, -0.2) is 8.42 Å². The van der Waals surface area contributed by atoms with Gasteiger partial charge in [-0.1, -0.05) is 18.2 Å². The Kier molecular flexibility index (Phi) is 6.24. The summed E-state index contributed by atoms with van der Waals surface area (Å²) in [5.74, 6) is 0.380. The highest BCUT2D eigenvalue weighted by atomic mass is 32.2. The molecule has 0 aromatic heterocycles. The molecule has 0 spiro atoms. The molecule has 150 valence electrons. The first-order valence-electron chi connectivity index (χ1n) is 9.58. The van der Waals surface area contributed by atoms with Crippen molar-refractivity contribution in [2.24, 2.45) is 0 Å². The van der Waals surface area contributed by atoms with E-state index in [1.165, 1.54) is 16.4 Å². The molecular weight excluding hydrogens is 376 g/mol. The topological polar surface area (TPSA) is 66.9 Å². The number of amides is 1. The quantitative estimate of drug-likeness (QED) is 0.714. The Hall–Kier alpha value is -2.54. The zero-order valence-corrected chi connectivity index (χ0v) is 17.1. The van der Waals surface area contributed by atoms with Crippen LogP contribution in [0.15, 0.2) is 53.4 Å². The average molecular weight is 403 g/mol. The van der Waals surface area contributed by atoms with Crippen molar-refractivity contribution in [2.45, 2.75) is 31.6 Å². The van der Waals surface area contributed by atoms with Gasteiger partial charge in [0.25, 0.3) is 15.9 Å². The lowest BCUT2D eigenvalue weighted by Crippen LogP contribution is -2.35. The molecule has 7 heteroatoms. The van der Waals surface area contributed by atoms with Gasteiger partial charge in [0.05, 0.1) is 10.6 Å². The van der Waals surface area contributed by atoms with Crippen molar-refractivity contribution in [3.63, 3.8) is 0 Å². The Morgan fingerprint density at radius 1 is 1.07 bits per heavy atom. The van der Waals surface area contributed by atoms with Crippen molar-refractivity contribution in [2.75, 3.05) is 30.5 Å². The number of sulfonamides is 1. The van der Waals surface area contributed by atoms with Crippen LogP contribution in [0.3, 0.4) is 0 Å². The molecule has 0 radical (unpaired) electrons. The molecule has 0 bridgehead atoms. The SMILES string of the molecule is CCN(CC)C(=O)COc1ccc(S(=O)(=O)N2CCCc3ccccc32)cc1. The summed E-state index contributed by atoms with van der Waals surface area (Å²) >= 11 is 0. The zero-order chi connectivity index (χ0) is 20.1. The molecule has 6 nitrogen and oxygen atoms in total. The van der Waals surface area contributed by atoms with E-state index in [2.05, 4.69) is 0 Å². The average Bonchev–Trinajstić information content (AvgIpc) is 2.73. The highest BCUT2D eigenvalue weighted by Crippen LogP contribution is 2.32. The number of anilines is 1. The monoisotopic (exact) mass is 402 g/mol. The molecule has 0 unspecified atom stereocenters. The number of rotatable bonds is 7. The van der Waals surface area contributed by atoms with Crippen LogP contribution in [0.1, 0.15) is 25.8 Å². The van der Waals surface area contributed by atoms with Crippen LogP contribution in [-0.4, -0.2) is 45.5 Å². The molecule has 28 heavy (non-hydrogen) atoms. The fourth-order valence-electron chi connectivity index (χ4n) is 3.40. The number of hydrogen-bond donors (Lipinski definition) is 0. The Morgan fingerprint density at radius 2 is 1.75 bits per heavy atom. The second-order valence-electron chi connectivity index (χ2n) is 6.64. The van der Waals surface area contributed by atoms with Gasteiger partial charge in [-0.3, -0.25) is 9.10 Å². The Balaban J connectivity index is 1.74. The van der Waals surface area contributed by atoms with E-state index >= 15 is 0 Å².